The topological polar surface area (TPSA) is 43.0 Å². The Kier molecular flexibility index (Phi) is 6.05. The molecule has 1 atom stereocenters. The summed E-state index contributed by atoms with van der Waals surface area (Å²) in [5.74, 6) is -0.515. The second kappa shape index (κ2) is 8.02. The summed E-state index contributed by atoms with van der Waals surface area (Å²) in [6.07, 6.45) is -2.99. The molecular formula is C18H15Cl2F4N3S. The van der Waals surface area contributed by atoms with Crippen LogP contribution in [0.5, 0.6) is 0 Å². The standard InChI is InChI=1S/C18H15Cl2F4N3S/c1-9-7-27(15-6-11(21)2-3-12(9)15)8-16(18(22,23)24)26-28-17-13(20)4-10(19)5-14(17)25/h2-7,16,26H,8,25H2,1H3. The van der Waals surface area contributed by atoms with Gasteiger partial charge in [-0.25, -0.2) is 9.11 Å². The predicted molar refractivity (Wildman–Crippen MR) is 106 cm³/mol. The zero-order valence-electron chi connectivity index (χ0n) is 14.4. The number of nitrogens with zero attached hydrogens (tertiary/aromatic N) is 1. The van der Waals surface area contributed by atoms with Crippen molar-refractivity contribution in [1.82, 2.24) is 9.29 Å². The first-order valence-corrected chi connectivity index (χ1v) is 9.62. The maximum absolute atomic E-state index is 13.6. The molecule has 3 aromatic rings. The molecule has 28 heavy (non-hydrogen) atoms. The molecule has 3 nitrogen and oxygen atoms in total. The molecule has 0 spiro atoms. The number of nitrogen functional groups attached to an aromatic ring is 1. The van der Waals surface area contributed by atoms with Gasteiger partial charge in [-0.15, -0.1) is 0 Å². The predicted octanol–water partition coefficient (Wildman–Crippen LogP) is 6.21. The van der Waals surface area contributed by atoms with Crippen LogP contribution in [0.15, 0.2) is 41.4 Å². The van der Waals surface area contributed by atoms with Gasteiger partial charge in [0.05, 0.1) is 15.4 Å². The van der Waals surface area contributed by atoms with Crippen molar-refractivity contribution in [3.05, 3.63) is 58.0 Å². The third-order valence-corrected chi connectivity index (χ3v) is 5.85. The van der Waals surface area contributed by atoms with Gasteiger partial charge in [-0.05, 0) is 54.8 Å². The summed E-state index contributed by atoms with van der Waals surface area (Å²) in [4.78, 5) is 0.250. The molecule has 3 N–H and O–H groups in total. The van der Waals surface area contributed by atoms with Gasteiger partial charge < -0.3 is 10.3 Å². The fourth-order valence-corrected chi connectivity index (χ4v) is 4.25. The van der Waals surface area contributed by atoms with Crippen LogP contribution in [0.4, 0.5) is 23.2 Å². The maximum atomic E-state index is 13.6. The van der Waals surface area contributed by atoms with Crippen molar-refractivity contribution in [3.8, 4) is 0 Å². The summed E-state index contributed by atoms with van der Waals surface area (Å²) in [7, 11) is 0. The molecule has 0 saturated heterocycles. The van der Waals surface area contributed by atoms with E-state index in [9.17, 15) is 17.6 Å². The number of anilines is 1. The molecule has 0 aliphatic rings. The summed E-state index contributed by atoms with van der Waals surface area (Å²) in [5, 5.41) is 1.13. The number of hydrogen-bond donors (Lipinski definition) is 2. The number of hydrogen-bond acceptors (Lipinski definition) is 3. The van der Waals surface area contributed by atoms with Gasteiger partial charge in [0.1, 0.15) is 11.9 Å². The van der Waals surface area contributed by atoms with E-state index in [-0.39, 0.29) is 20.6 Å². The number of fused-ring (bicyclic) bond motifs is 1. The number of nitrogens with one attached hydrogen (secondary N) is 1. The smallest absolute Gasteiger partial charge is 0.398 e. The van der Waals surface area contributed by atoms with Crippen molar-refractivity contribution in [2.75, 3.05) is 5.73 Å². The maximum Gasteiger partial charge on any atom is 0.406 e. The van der Waals surface area contributed by atoms with Gasteiger partial charge in [-0.2, -0.15) is 13.2 Å². The van der Waals surface area contributed by atoms with Gasteiger partial charge in [0.15, 0.2) is 0 Å². The lowest BCUT2D eigenvalue weighted by atomic mass is 10.2. The summed E-state index contributed by atoms with van der Waals surface area (Å²) >= 11 is 12.5. The molecule has 0 radical (unpaired) electrons. The van der Waals surface area contributed by atoms with Crippen LogP contribution in [-0.4, -0.2) is 16.8 Å². The molecule has 1 aromatic heterocycles. The Hall–Kier alpha value is -1.61. The molecule has 150 valence electrons. The minimum Gasteiger partial charge on any atom is -0.398 e. The average molecular weight is 452 g/mol. The molecule has 3 rings (SSSR count). The Bertz CT molecular complexity index is 997. The Morgan fingerprint density at radius 2 is 1.93 bits per heavy atom. The van der Waals surface area contributed by atoms with E-state index in [1.807, 2.05) is 0 Å². The molecule has 0 bridgehead atoms. The van der Waals surface area contributed by atoms with E-state index in [1.165, 1.54) is 28.8 Å². The number of aromatic nitrogens is 1. The van der Waals surface area contributed by atoms with E-state index in [0.717, 1.165) is 5.56 Å². The van der Waals surface area contributed by atoms with E-state index in [4.69, 9.17) is 28.9 Å². The Morgan fingerprint density at radius 1 is 1.21 bits per heavy atom. The van der Waals surface area contributed by atoms with Crippen molar-refractivity contribution >= 4 is 51.7 Å². The number of benzene rings is 2. The second-order valence-corrected chi connectivity index (χ2v) is 7.94. The number of halogens is 6. The molecule has 0 aliphatic heterocycles. The van der Waals surface area contributed by atoms with Crippen molar-refractivity contribution in [1.29, 1.82) is 0 Å². The van der Waals surface area contributed by atoms with Crippen molar-refractivity contribution in [3.63, 3.8) is 0 Å². The zero-order chi connectivity index (χ0) is 20.6. The van der Waals surface area contributed by atoms with E-state index in [0.29, 0.717) is 22.9 Å². The number of aryl methyl sites for hydroxylation is 1. The lowest BCUT2D eigenvalue weighted by Gasteiger charge is -2.23. The van der Waals surface area contributed by atoms with E-state index in [2.05, 4.69) is 4.72 Å². The quantitative estimate of drug-likeness (QED) is 0.275. The van der Waals surface area contributed by atoms with Crippen LogP contribution in [0.1, 0.15) is 5.56 Å². The molecular weight excluding hydrogens is 437 g/mol. The van der Waals surface area contributed by atoms with Gasteiger partial charge in [0.25, 0.3) is 0 Å². The van der Waals surface area contributed by atoms with E-state index < -0.39 is 24.6 Å². The van der Waals surface area contributed by atoms with E-state index >= 15 is 0 Å². The first kappa shape index (κ1) is 21.1. The summed E-state index contributed by atoms with van der Waals surface area (Å²) in [6.45, 7) is 1.31. The van der Waals surface area contributed by atoms with Crippen LogP contribution < -0.4 is 10.5 Å². The fourth-order valence-electron chi connectivity index (χ4n) is 2.82. The second-order valence-electron chi connectivity index (χ2n) is 6.25. The summed E-state index contributed by atoms with van der Waals surface area (Å²) in [5.41, 5.74) is 7.12. The van der Waals surface area contributed by atoms with Crippen LogP contribution in [0, 0.1) is 12.7 Å². The van der Waals surface area contributed by atoms with Gasteiger partial charge >= 0.3 is 6.18 Å². The lowest BCUT2D eigenvalue weighted by Crippen LogP contribution is -2.42. The van der Waals surface area contributed by atoms with Crippen molar-refractivity contribution in [2.24, 2.45) is 0 Å². The van der Waals surface area contributed by atoms with Crippen LogP contribution in [0.2, 0.25) is 10.0 Å². The van der Waals surface area contributed by atoms with Gasteiger partial charge in [0, 0.05) is 28.8 Å². The third kappa shape index (κ3) is 4.51. The lowest BCUT2D eigenvalue weighted by molar-refractivity contribution is -0.153. The van der Waals surface area contributed by atoms with Gasteiger partial charge in [0.2, 0.25) is 0 Å². The Labute approximate surface area is 172 Å². The molecule has 10 heteroatoms. The molecule has 0 aliphatic carbocycles. The monoisotopic (exact) mass is 451 g/mol. The summed E-state index contributed by atoms with van der Waals surface area (Å²) < 4.78 is 58.2. The minimum absolute atomic E-state index is 0.146. The molecule has 0 saturated carbocycles. The van der Waals surface area contributed by atoms with Crippen LogP contribution in [-0.2, 0) is 6.54 Å². The molecule has 0 fully saturated rings. The van der Waals surface area contributed by atoms with Gasteiger partial charge in [-0.3, -0.25) is 0 Å². The highest BCUT2D eigenvalue weighted by atomic mass is 35.5. The largest absolute Gasteiger partial charge is 0.406 e. The first-order chi connectivity index (χ1) is 13.1. The molecule has 1 heterocycles. The highest BCUT2D eigenvalue weighted by Crippen LogP contribution is 2.36. The Morgan fingerprint density at radius 3 is 2.57 bits per heavy atom. The molecule has 1 unspecified atom stereocenters. The third-order valence-electron chi connectivity index (χ3n) is 4.16. The number of rotatable bonds is 5. The number of nitrogens with two attached hydrogens (primary N) is 1. The minimum atomic E-state index is -4.56. The van der Waals surface area contributed by atoms with Crippen molar-refractivity contribution < 1.29 is 17.6 Å². The van der Waals surface area contributed by atoms with E-state index in [1.54, 1.807) is 19.2 Å². The fraction of sp³-hybridized carbons (Fsp3) is 0.222. The SMILES string of the molecule is Cc1cn(CC(NSc2c(N)cc(Cl)cc2Cl)C(F)(F)F)c2cc(F)ccc12. The highest BCUT2D eigenvalue weighted by molar-refractivity contribution is 7.97. The Balaban J connectivity index is 1.88. The average Bonchev–Trinajstić information content (AvgIpc) is 2.87. The van der Waals surface area contributed by atoms with Crippen LogP contribution >= 0.6 is 35.1 Å². The van der Waals surface area contributed by atoms with Crippen molar-refractivity contribution in [2.45, 2.75) is 30.6 Å². The van der Waals surface area contributed by atoms with Gasteiger partial charge in [-0.1, -0.05) is 23.2 Å². The van der Waals surface area contributed by atoms with Crippen LogP contribution in [0.25, 0.3) is 10.9 Å². The molecule has 2 aromatic carbocycles. The first-order valence-electron chi connectivity index (χ1n) is 8.05. The normalized spacial score (nSPS) is 13.2. The summed E-state index contributed by atoms with van der Waals surface area (Å²) in [6, 6.07) is 4.93. The molecule has 0 amide bonds. The van der Waals surface area contributed by atoms with Crippen LogP contribution in [0.3, 0.4) is 0 Å². The zero-order valence-corrected chi connectivity index (χ0v) is 16.8. The highest BCUT2D eigenvalue weighted by Gasteiger charge is 2.40. The number of alkyl halides is 3.